The molecule has 2 N–H and O–H groups in total. The van der Waals surface area contributed by atoms with Crippen LogP contribution in [0.1, 0.15) is 40.0 Å². The first kappa shape index (κ1) is 16.3. The van der Waals surface area contributed by atoms with Crippen molar-refractivity contribution in [3.05, 3.63) is 6.33 Å². The van der Waals surface area contributed by atoms with E-state index in [4.69, 9.17) is 5.73 Å². The van der Waals surface area contributed by atoms with Crippen molar-refractivity contribution in [2.24, 2.45) is 18.4 Å². The molecule has 1 aromatic heterocycles. The molecule has 0 aliphatic carbocycles. The lowest BCUT2D eigenvalue weighted by atomic mass is 9.77. The number of nitrogen functional groups attached to an aromatic ring is 1. The van der Waals surface area contributed by atoms with Gasteiger partial charge in [-0.3, -0.25) is 0 Å². The standard InChI is InChI=1S/C14H26N4O2S/c1-14(2,3)11-6-5-8-18(9-7-11)21(19,20)13-12(15)16-10-17(13)4/h10-11H,5-9,15H2,1-4H3. The zero-order chi connectivity index (χ0) is 15.8. The highest BCUT2D eigenvalue weighted by molar-refractivity contribution is 7.89. The van der Waals surface area contributed by atoms with Gasteiger partial charge < -0.3 is 10.3 Å². The summed E-state index contributed by atoms with van der Waals surface area (Å²) in [6, 6.07) is 0. The van der Waals surface area contributed by atoms with Gasteiger partial charge in [0.25, 0.3) is 10.0 Å². The average molecular weight is 314 g/mol. The van der Waals surface area contributed by atoms with E-state index < -0.39 is 10.0 Å². The van der Waals surface area contributed by atoms with Crippen molar-refractivity contribution >= 4 is 15.8 Å². The average Bonchev–Trinajstić information content (AvgIpc) is 2.60. The highest BCUT2D eigenvalue weighted by Crippen LogP contribution is 2.35. The van der Waals surface area contributed by atoms with Crippen LogP contribution in [0, 0.1) is 11.3 Å². The van der Waals surface area contributed by atoms with Crippen molar-refractivity contribution in [1.29, 1.82) is 0 Å². The van der Waals surface area contributed by atoms with Gasteiger partial charge in [0.15, 0.2) is 10.8 Å². The molecule has 2 rings (SSSR count). The molecular formula is C14H26N4O2S. The molecule has 0 saturated carbocycles. The predicted molar refractivity (Wildman–Crippen MR) is 83.2 cm³/mol. The Bertz CT molecular complexity index is 581. The van der Waals surface area contributed by atoms with E-state index in [1.165, 1.54) is 10.9 Å². The third kappa shape index (κ3) is 3.23. The van der Waals surface area contributed by atoms with Crippen LogP contribution in [0.3, 0.4) is 0 Å². The smallest absolute Gasteiger partial charge is 0.262 e. The maximum Gasteiger partial charge on any atom is 0.262 e. The Morgan fingerprint density at radius 2 is 1.95 bits per heavy atom. The van der Waals surface area contributed by atoms with Crippen molar-refractivity contribution in [2.75, 3.05) is 18.8 Å². The number of aromatic nitrogens is 2. The number of anilines is 1. The van der Waals surface area contributed by atoms with Crippen molar-refractivity contribution < 1.29 is 8.42 Å². The van der Waals surface area contributed by atoms with Crippen LogP contribution in [0.4, 0.5) is 5.82 Å². The maximum atomic E-state index is 12.8. The maximum absolute atomic E-state index is 12.8. The molecule has 0 bridgehead atoms. The van der Waals surface area contributed by atoms with Gasteiger partial charge in [0, 0.05) is 20.1 Å². The lowest BCUT2D eigenvalue weighted by molar-refractivity contribution is 0.216. The van der Waals surface area contributed by atoms with Crippen LogP contribution in [0.15, 0.2) is 11.4 Å². The fraction of sp³-hybridized carbons (Fsp3) is 0.786. The van der Waals surface area contributed by atoms with E-state index in [0.717, 1.165) is 19.3 Å². The summed E-state index contributed by atoms with van der Waals surface area (Å²) >= 11 is 0. The molecule has 2 heterocycles. The van der Waals surface area contributed by atoms with Crippen LogP contribution in [0.25, 0.3) is 0 Å². The van der Waals surface area contributed by atoms with Crippen LogP contribution >= 0.6 is 0 Å². The van der Waals surface area contributed by atoms with Crippen LogP contribution in [0.2, 0.25) is 0 Å². The molecule has 0 radical (unpaired) electrons. The molecule has 1 aromatic rings. The minimum atomic E-state index is -3.56. The SMILES string of the molecule is Cn1cnc(N)c1S(=O)(=O)N1CCCC(C(C)(C)C)CC1. The second-order valence-corrected chi connectivity index (χ2v) is 8.80. The summed E-state index contributed by atoms with van der Waals surface area (Å²) in [4.78, 5) is 3.89. The van der Waals surface area contributed by atoms with Gasteiger partial charge in [-0.25, -0.2) is 13.4 Å². The van der Waals surface area contributed by atoms with Gasteiger partial charge in [-0.1, -0.05) is 20.8 Å². The van der Waals surface area contributed by atoms with Crippen molar-refractivity contribution in [3.8, 4) is 0 Å². The number of rotatable bonds is 2. The molecule has 0 spiro atoms. The van der Waals surface area contributed by atoms with Crippen LogP contribution in [0.5, 0.6) is 0 Å². The van der Waals surface area contributed by atoms with Gasteiger partial charge in [0.05, 0.1) is 6.33 Å². The summed E-state index contributed by atoms with van der Waals surface area (Å²) in [7, 11) is -1.90. The fourth-order valence-corrected chi connectivity index (χ4v) is 4.74. The first-order valence-corrected chi connectivity index (χ1v) is 8.85. The van der Waals surface area contributed by atoms with Crippen molar-refractivity contribution in [3.63, 3.8) is 0 Å². The van der Waals surface area contributed by atoms with Gasteiger partial charge in [-0.2, -0.15) is 4.31 Å². The molecule has 7 heteroatoms. The normalized spacial score (nSPS) is 22.2. The van der Waals surface area contributed by atoms with Crippen LogP contribution < -0.4 is 5.73 Å². The number of imidazole rings is 1. The summed E-state index contributed by atoms with van der Waals surface area (Å²) in [6.45, 7) is 7.78. The first-order valence-electron chi connectivity index (χ1n) is 7.41. The van der Waals surface area contributed by atoms with Gasteiger partial charge in [-0.15, -0.1) is 0 Å². The Kier molecular flexibility index (Phi) is 4.35. The lowest BCUT2D eigenvalue weighted by Crippen LogP contribution is -2.34. The molecule has 120 valence electrons. The fourth-order valence-electron chi connectivity index (χ4n) is 3.05. The highest BCUT2D eigenvalue weighted by atomic mass is 32.2. The zero-order valence-electron chi connectivity index (χ0n) is 13.3. The summed E-state index contributed by atoms with van der Waals surface area (Å²) in [5, 5.41) is 0.108. The minimum Gasteiger partial charge on any atom is -0.381 e. The van der Waals surface area contributed by atoms with Crippen molar-refractivity contribution in [2.45, 2.75) is 45.1 Å². The molecule has 1 aliphatic heterocycles. The van der Waals surface area contributed by atoms with E-state index in [1.54, 1.807) is 11.4 Å². The number of sulfonamides is 1. The van der Waals surface area contributed by atoms with E-state index in [1.807, 2.05) is 0 Å². The third-order valence-corrected chi connectivity index (χ3v) is 6.44. The molecule has 1 saturated heterocycles. The first-order chi connectivity index (χ1) is 9.64. The lowest BCUT2D eigenvalue weighted by Gasteiger charge is -2.29. The molecule has 1 atom stereocenters. The molecule has 1 fully saturated rings. The second-order valence-electron chi connectivity index (χ2n) is 6.94. The Hall–Kier alpha value is -1.08. The second kappa shape index (κ2) is 5.61. The number of hydrogen-bond acceptors (Lipinski definition) is 4. The molecular weight excluding hydrogens is 288 g/mol. The molecule has 21 heavy (non-hydrogen) atoms. The van der Waals surface area contributed by atoms with E-state index in [2.05, 4.69) is 25.8 Å². The minimum absolute atomic E-state index is 0.0779. The van der Waals surface area contributed by atoms with E-state index in [0.29, 0.717) is 19.0 Å². The van der Waals surface area contributed by atoms with Gasteiger partial charge >= 0.3 is 0 Å². The van der Waals surface area contributed by atoms with E-state index >= 15 is 0 Å². The molecule has 0 aromatic carbocycles. The molecule has 0 amide bonds. The summed E-state index contributed by atoms with van der Waals surface area (Å²) in [5.41, 5.74) is 5.95. The largest absolute Gasteiger partial charge is 0.381 e. The van der Waals surface area contributed by atoms with E-state index in [-0.39, 0.29) is 16.3 Å². The topological polar surface area (TPSA) is 81.2 Å². The third-order valence-electron chi connectivity index (χ3n) is 4.41. The molecule has 1 unspecified atom stereocenters. The Balaban J connectivity index is 2.23. The zero-order valence-corrected chi connectivity index (χ0v) is 14.2. The summed E-state index contributed by atoms with van der Waals surface area (Å²) in [5.74, 6) is 0.621. The molecule has 6 nitrogen and oxygen atoms in total. The number of nitrogens with zero attached hydrogens (tertiary/aromatic N) is 3. The van der Waals surface area contributed by atoms with E-state index in [9.17, 15) is 8.42 Å². The summed E-state index contributed by atoms with van der Waals surface area (Å²) in [6.07, 6.45) is 4.29. The van der Waals surface area contributed by atoms with Gasteiger partial charge in [0.2, 0.25) is 0 Å². The van der Waals surface area contributed by atoms with Crippen LogP contribution in [-0.4, -0.2) is 35.4 Å². The predicted octanol–water partition coefficient (Wildman–Crippen LogP) is 1.84. The Labute approximate surface area is 127 Å². The van der Waals surface area contributed by atoms with Gasteiger partial charge in [0.1, 0.15) is 0 Å². The number of aryl methyl sites for hydroxylation is 1. The summed E-state index contributed by atoms with van der Waals surface area (Å²) < 4.78 is 28.6. The number of hydrogen-bond donors (Lipinski definition) is 1. The Morgan fingerprint density at radius 3 is 2.48 bits per heavy atom. The van der Waals surface area contributed by atoms with Crippen LogP contribution in [-0.2, 0) is 17.1 Å². The van der Waals surface area contributed by atoms with Crippen molar-refractivity contribution in [1.82, 2.24) is 13.9 Å². The Morgan fingerprint density at radius 1 is 1.29 bits per heavy atom. The molecule has 1 aliphatic rings. The quantitative estimate of drug-likeness (QED) is 0.903. The monoisotopic (exact) mass is 314 g/mol. The number of nitrogens with two attached hydrogens (primary N) is 1. The van der Waals surface area contributed by atoms with Gasteiger partial charge in [-0.05, 0) is 30.6 Å². The highest BCUT2D eigenvalue weighted by Gasteiger charge is 2.34.